The lowest BCUT2D eigenvalue weighted by atomic mass is 10.1. The van der Waals surface area contributed by atoms with Crippen molar-refractivity contribution in [3.63, 3.8) is 0 Å². The van der Waals surface area contributed by atoms with Crippen LogP contribution in [0.25, 0.3) is 0 Å². The summed E-state index contributed by atoms with van der Waals surface area (Å²) in [6.45, 7) is 1.94. The van der Waals surface area contributed by atoms with Crippen LogP contribution in [0.1, 0.15) is 58.8 Å². The summed E-state index contributed by atoms with van der Waals surface area (Å²) in [5.41, 5.74) is 0. The van der Waals surface area contributed by atoms with Crippen LogP contribution in [0.5, 0.6) is 0 Å². The molecule has 198 valence electrons. The average Bonchev–Trinajstić information content (AvgIpc) is 2.73. The van der Waals surface area contributed by atoms with Gasteiger partial charge in [0, 0.05) is 6.54 Å². The van der Waals surface area contributed by atoms with E-state index in [1.807, 2.05) is 0 Å². The molecule has 0 aliphatic heterocycles. The van der Waals surface area contributed by atoms with Crippen molar-refractivity contribution in [2.24, 2.45) is 0 Å². The lowest BCUT2D eigenvalue weighted by molar-refractivity contribution is -0.187. The molecule has 0 rings (SSSR count). The van der Waals surface area contributed by atoms with E-state index >= 15 is 0 Å². The Hall–Kier alpha value is -2.54. The number of nitrogens with zero attached hydrogens (tertiary/aromatic N) is 1. The Labute approximate surface area is 193 Å². The molecule has 34 heavy (non-hydrogen) atoms. The van der Waals surface area contributed by atoms with Crippen LogP contribution >= 0.6 is 0 Å². The second kappa shape index (κ2) is 15.4. The molecule has 0 heterocycles. The highest BCUT2D eigenvalue weighted by Crippen LogP contribution is 2.20. The van der Waals surface area contributed by atoms with E-state index in [4.69, 9.17) is 9.47 Å². The van der Waals surface area contributed by atoms with E-state index in [1.165, 1.54) is 5.32 Å². The molecule has 14 heteroatoms. The lowest BCUT2D eigenvalue weighted by Crippen LogP contribution is -2.47. The van der Waals surface area contributed by atoms with Crippen molar-refractivity contribution in [3.05, 3.63) is 0 Å². The van der Waals surface area contributed by atoms with Crippen LogP contribution in [0, 0.1) is 0 Å². The number of hydrogen-bond acceptors (Lipinski definition) is 6. The molecule has 0 aliphatic carbocycles. The molecule has 2 amide bonds. The Balaban J connectivity index is 5.05. The topological polar surface area (TPSA) is 102 Å². The van der Waals surface area contributed by atoms with Crippen molar-refractivity contribution < 1.29 is 55.0 Å². The fourth-order valence-corrected chi connectivity index (χ4v) is 2.52. The second-order valence-electron chi connectivity index (χ2n) is 7.34. The minimum absolute atomic E-state index is 0.0237. The zero-order valence-electron chi connectivity index (χ0n) is 19.0. The standard InChI is InChI=1S/C20H30F6N2O6/c1-3-5-11-33-15(29)13-28(18(32)20(24,25)26)10-8-7-9-14(16(30)34-12-6-4-2)27-17(31)19(21,22)23/h14H,3-13H2,1-2H3,(H,27,31). The van der Waals surface area contributed by atoms with Gasteiger partial charge in [0.25, 0.3) is 0 Å². The van der Waals surface area contributed by atoms with Crippen molar-refractivity contribution in [3.8, 4) is 0 Å². The molecule has 1 unspecified atom stereocenters. The first-order valence-corrected chi connectivity index (χ1v) is 10.8. The minimum Gasteiger partial charge on any atom is -0.464 e. The third-order valence-corrected chi connectivity index (χ3v) is 4.37. The number of carbonyl (C=O) groups excluding carboxylic acids is 4. The number of nitrogens with one attached hydrogen (secondary N) is 1. The lowest BCUT2D eigenvalue weighted by Gasteiger charge is -2.23. The number of hydrogen-bond donors (Lipinski definition) is 1. The Kier molecular flexibility index (Phi) is 14.2. The molecule has 0 aromatic rings. The molecule has 0 bridgehead atoms. The number of unbranched alkanes of at least 4 members (excludes halogenated alkanes) is 3. The molecule has 0 radical (unpaired) electrons. The van der Waals surface area contributed by atoms with E-state index in [2.05, 4.69) is 0 Å². The van der Waals surface area contributed by atoms with E-state index in [9.17, 15) is 45.5 Å². The predicted octanol–water partition coefficient (Wildman–Crippen LogP) is 3.28. The summed E-state index contributed by atoms with van der Waals surface area (Å²) in [4.78, 5) is 46.8. The van der Waals surface area contributed by atoms with Crippen molar-refractivity contribution in [1.82, 2.24) is 10.2 Å². The zero-order valence-corrected chi connectivity index (χ0v) is 19.0. The van der Waals surface area contributed by atoms with Crippen LogP contribution in [-0.2, 0) is 28.7 Å². The molecule has 1 N–H and O–H groups in total. The fourth-order valence-electron chi connectivity index (χ4n) is 2.52. The number of carbonyl (C=O) groups is 4. The highest BCUT2D eigenvalue weighted by Gasteiger charge is 2.43. The van der Waals surface area contributed by atoms with Crippen LogP contribution in [0.15, 0.2) is 0 Å². The van der Waals surface area contributed by atoms with Gasteiger partial charge in [-0.3, -0.25) is 14.4 Å². The van der Waals surface area contributed by atoms with Crippen LogP contribution in [0.2, 0.25) is 0 Å². The fraction of sp³-hybridized carbons (Fsp3) is 0.800. The van der Waals surface area contributed by atoms with Gasteiger partial charge in [0.05, 0.1) is 13.2 Å². The van der Waals surface area contributed by atoms with Gasteiger partial charge in [-0.15, -0.1) is 0 Å². The number of rotatable bonds is 15. The molecule has 0 aliphatic rings. The zero-order chi connectivity index (χ0) is 26.4. The summed E-state index contributed by atoms with van der Waals surface area (Å²) in [5, 5.41) is 1.51. The molecule has 0 aromatic heterocycles. The second-order valence-corrected chi connectivity index (χ2v) is 7.34. The van der Waals surface area contributed by atoms with Crippen LogP contribution in [0.3, 0.4) is 0 Å². The summed E-state index contributed by atoms with van der Waals surface area (Å²) < 4.78 is 85.8. The van der Waals surface area contributed by atoms with E-state index in [0.717, 1.165) is 0 Å². The molecule has 8 nitrogen and oxygen atoms in total. The first-order valence-electron chi connectivity index (χ1n) is 10.8. The molecular weight excluding hydrogens is 478 g/mol. The summed E-state index contributed by atoms with van der Waals surface area (Å²) in [6, 6.07) is -1.68. The largest absolute Gasteiger partial charge is 0.471 e. The molecule has 0 fully saturated rings. The highest BCUT2D eigenvalue weighted by molar-refractivity contribution is 5.87. The Morgan fingerprint density at radius 2 is 1.38 bits per heavy atom. The van der Waals surface area contributed by atoms with Crippen LogP contribution < -0.4 is 5.32 Å². The minimum atomic E-state index is -5.25. The summed E-state index contributed by atoms with van der Waals surface area (Å²) >= 11 is 0. The van der Waals surface area contributed by atoms with Crippen molar-refractivity contribution in [2.75, 3.05) is 26.3 Å². The van der Waals surface area contributed by atoms with Gasteiger partial charge in [-0.2, -0.15) is 26.3 Å². The normalized spacial score (nSPS) is 12.6. The summed E-state index contributed by atoms with van der Waals surface area (Å²) in [7, 11) is 0. The first kappa shape index (κ1) is 31.5. The number of halogens is 6. The van der Waals surface area contributed by atoms with Crippen molar-refractivity contribution in [1.29, 1.82) is 0 Å². The SMILES string of the molecule is CCCCOC(=O)CN(CCCCC(NC(=O)C(F)(F)F)C(=O)OCCCC)C(=O)C(F)(F)F. The van der Waals surface area contributed by atoms with Gasteiger partial charge in [-0.05, 0) is 32.1 Å². The average molecular weight is 508 g/mol. The van der Waals surface area contributed by atoms with Gasteiger partial charge < -0.3 is 19.7 Å². The van der Waals surface area contributed by atoms with E-state index in [-0.39, 0.29) is 37.4 Å². The van der Waals surface area contributed by atoms with Gasteiger partial charge in [-0.1, -0.05) is 26.7 Å². The maximum absolute atomic E-state index is 12.8. The molecule has 0 saturated heterocycles. The van der Waals surface area contributed by atoms with Crippen LogP contribution in [-0.4, -0.2) is 73.4 Å². The third kappa shape index (κ3) is 13.2. The van der Waals surface area contributed by atoms with Gasteiger partial charge >= 0.3 is 36.1 Å². The smallest absolute Gasteiger partial charge is 0.464 e. The van der Waals surface area contributed by atoms with Crippen LogP contribution in [0.4, 0.5) is 26.3 Å². The van der Waals surface area contributed by atoms with Crippen molar-refractivity contribution in [2.45, 2.75) is 77.2 Å². The quantitative estimate of drug-likeness (QED) is 0.207. The monoisotopic (exact) mass is 508 g/mol. The molecular formula is C20H30F6N2O6. The highest BCUT2D eigenvalue weighted by atomic mass is 19.4. The molecule has 0 saturated carbocycles. The Morgan fingerprint density at radius 1 is 0.824 bits per heavy atom. The number of ether oxygens (including phenoxy) is 2. The Bertz CT molecular complexity index is 669. The molecule has 0 aromatic carbocycles. The van der Waals surface area contributed by atoms with E-state index in [1.54, 1.807) is 13.8 Å². The van der Waals surface area contributed by atoms with Gasteiger partial charge in [0.2, 0.25) is 0 Å². The van der Waals surface area contributed by atoms with E-state index < -0.39 is 55.2 Å². The number of alkyl halides is 6. The van der Waals surface area contributed by atoms with E-state index in [0.29, 0.717) is 25.7 Å². The molecule has 0 spiro atoms. The van der Waals surface area contributed by atoms with Crippen molar-refractivity contribution >= 4 is 23.8 Å². The molecule has 1 atom stereocenters. The summed E-state index contributed by atoms with van der Waals surface area (Å²) in [6.07, 6.45) is -9.02. The first-order chi connectivity index (χ1) is 15.7. The third-order valence-electron chi connectivity index (χ3n) is 4.37. The number of esters is 2. The van der Waals surface area contributed by atoms with Gasteiger partial charge in [0.15, 0.2) is 0 Å². The predicted molar refractivity (Wildman–Crippen MR) is 106 cm³/mol. The maximum Gasteiger partial charge on any atom is 0.471 e. The number of amides is 2. The van der Waals surface area contributed by atoms with Gasteiger partial charge in [-0.25, -0.2) is 4.79 Å². The van der Waals surface area contributed by atoms with Gasteiger partial charge in [0.1, 0.15) is 12.6 Å². The summed E-state index contributed by atoms with van der Waals surface area (Å²) in [5.74, 6) is -6.80. The maximum atomic E-state index is 12.8. The Morgan fingerprint density at radius 3 is 1.88 bits per heavy atom.